The highest BCUT2D eigenvalue weighted by molar-refractivity contribution is 5.70. The summed E-state index contributed by atoms with van der Waals surface area (Å²) in [7, 11) is 0. The van der Waals surface area contributed by atoms with Crippen LogP contribution in [0.3, 0.4) is 0 Å². The minimum atomic E-state index is -2.11. The molecule has 2 heterocycles. The van der Waals surface area contributed by atoms with E-state index in [2.05, 4.69) is 19.9 Å². The second kappa shape index (κ2) is 2.57. The largest absolute Gasteiger partial charge is 0.369 e. The Kier molecular flexibility index (Phi) is 1.49. The van der Waals surface area contributed by atoms with Crippen molar-refractivity contribution < 1.29 is 8.78 Å². The van der Waals surface area contributed by atoms with Gasteiger partial charge in [0.25, 0.3) is 5.56 Å². The molecular formula is C8H7F2N5O. The van der Waals surface area contributed by atoms with Crippen LogP contribution in [-0.2, 0) is 5.67 Å². The lowest BCUT2D eigenvalue weighted by Gasteiger charge is -1.96. The molecule has 84 valence electrons. The van der Waals surface area contributed by atoms with E-state index in [1.54, 1.807) is 0 Å². The van der Waals surface area contributed by atoms with Gasteiger partial charge in [-0.25, -0.2) is 13.8 Å². The van der Waals surface area contributed by atoms with Crippen LogP contribution in [0.2, 0.25) is 0 Å². The summed E-state index contributed by atoms with van der Waals surface area (Å²) in [4.78, 5) is 23.5. The van der Waals surface area contributed by atoms with Gasteiger partial charge < -0.3 is 10.7 Å². The molecule has 1 saturated carbocycles. The van der Waals surface area contributed by atoms with Crippen LogP contribution in [0, 0.1) is 0 Å². The van der Waals surface area contributed by atoms with Crippen LogP contribution in [0.15, 0.2) is 4.79 Å². The van der Waals surface area contributed by atoms with Crippen LogP contribution in [0.1, 0.15) is 12.2 Å². The molecule has 0 aliphatic heterocycles. The molecule has 0 radical (unpaired) electrons. The molecule has 2 unspecified atom stereocenters. The van der Waals surface area contributed by atoms with Gasteiger partial charge in [-0.3, -0.25) is 9.78 Å². The average Bonchev–Trinajstić information content (AvgIpc) is 2.64. The number of nitrogens with one attached hydrogen (secondary N) is 2. The molecule has 4 N–H and O–H groups in total. The highest BCUT2D eigenvalue weighted by atomic mass is 19.2. The maximum atomic E-state index is 13.7. The summed E-state index contributed by atoms with van der Waals surface area (Å²) in [6.45, 7) is 0. The van der Waals surface area contributed by atoms with Crippen LogP contribution in [-0.4, -0.2) is 26.1 Å². The van der Waals surface area contributed by atoms with Gasteiger partial charge in [0.15, 0.2) is 11.2 Å². The van der Waals surface area contributed by atoms with Gasteiger partial charge in [-0.15, -0.1) is 0 Å². The van der Waals surface area contributed by atoms with E-state index < -0.39 is 17.4 Å². The number of hydrogen-bond acceptors (Lipinski definition) is 4. The van der Waals surface area contributed by atoms with Crippen molar-refractivity contribution in [3.8, 4) is 0 Å². The number of aromatic nitrogens is 4. The predicted molar refractivity (Wildman–Crippen MR) is 51.2 cm³/mol. The number of alkyl halides is 2. The molecule has 0 bridgehead atoms. The molecule has 16 heavy (non-hydrogen) atoms. The van der Waals surface area contributed by atoms with E-state index in [-0.39, 0.29) is 29.4 Å². The average molecular weight is 227 g/mol. The van der Waals surface area contributed by atoms with E-state index in [1.807, 2.05) is 0 Å². The number of hydrogen-bond donors (Lipinski definition) is 3. The number of aromatic amines is 2. The van der Waals surface area contributed by atoms with Crippen molar-refractivity contribution in [1.29, 1.82) is 0 Å². The first kappa shape index (κ1) is 9.25. The number of nitrogens with two attached hydrogens (primary N) is 1. The van der Waals surface area contributed by atoms with E-state index in [1.165, 1.54) is 0 Å². The molecule has 6 nitrogen and oxygen atoms in total. The topological polar surface area (TPSA) is 100 Å². The zero-order chi connectivity index (χ0) is 11.5. The van der Waals surface area contributed by atoms with Crippen molar-refractivity contribution >= 4 is 17.1 Å². The molecule has 2 aromatic heterocycles. The Morgan fingerprint density at radius 2 is 2.12 bits per heavy atom. The van der Waals surface area contributed by atoms with Crippen molar-refractivity contribution in [2.24, 2.45) is 0 Å². The van der Waals surface area contributed by atoms with E-state index in [9.17, 15) is 13.6 Å². The van der Waals surface area contributed by atoms with Crippen LogP contribution < -0.4 is 11.3 Å². The number of halogens is 2. The predicted octanol–water partition coefficient (Wildman–Crippen LogP) is 0.135. The summed E-state index contributed by atoms with van der Waals surface area (Å²) in [5.41, 5.74) is 2.63. The Labute approximate surface area is 86.9 Å². The Morgan fingerprint density at radius 3 is 2.75 bits per heavy atom. The second-order valence-electron chi connectivity index (χ2n) is 3.77. The van der Waals surface area contributed by atoms with Crippen molar-refractivity contribution in [3.63, 3.8) is 0 Å². The molecule has 2 atom stereocenters. The molecule has 3 rings (SSSR count). The highest BCUT2D eigenvalue weighted by Crippen LogP contribution is 2.51. The van der Waals surface area contributed by atoms with Gasteiger partial charge in [0.1, 0.15) is 12.0 Å². The van der Waals surface area contributed by atoms with Crippen molar-refractivity contribution in [1.82, 2.24) is 19.9 Å². The fourth-order valence-corrected chi connectivity index (χ4v) is 1.57. The molecule has 0 amide bonds. The lowest BCUT2D eigenvalue weighted by molar-refractivity contribution is 0.241. The fraction of sp³-hybridized carbons (Fsp3) is 0.375. The van der Waals surface area contributed by atoms with Gasteiger partial charge >= 0.3 is 0 Å². The summed E-state index contributed by atoms with van der Waals surface area (Å²) >= 11 is 0. The van der Waals surface area contributed by atoms with Gasteiger partial charge in [0.05, 0.1) is 0 Å². The highest BCUT2D eigenvalue weighted by Gasteiger charge is 2.60. The van der Waals surface area contributed by atoms with Gasteiger partial charge in [-0.1, -0.05) is 0 Å². The van der Waals surface area contributed by atoms with Gasteiger partial charge in [-0.05, 0) is 0 Å². The fourth-order valence-electron chi connectivity index (χ4n) is 1.57. The van der Waals surface area contributed by atoms with Crippen LogP contribution >= 0.6 is 0 Å². The molecule has 0 spiro atoms. The summed E-state index contributed by atoms with van der Waals surface area (Å²) in [6, 6.07) is 0. The first-order valence-corrected chi connectivity index (χ1v) is 4.59. The van der Waals surface area contributed by atoms with Crippen LogP contribution in [0.5, 0.6) is 0 Å². The Bertz CT molecular complexity index is 635. The number of rotatable bonds is 1. The standard InChI is InChI=1S/C8H7F2N5O/c9-2-1-8(2,10)6-12-3-4(13-6)14-7(11)15-5(3)16/h2H,1H2,(H4,11,12,13,14,15,16). The quantitative estimate of drug-likeness (QED) is 0.644. The Hall–Kier alpha value is -1.99. The molecule has 1 aliphatic carbocycles. The lowest BCUT2D eigenvalue weighted by Crippen LogP contribution is -2.11. The molecule has 0 saturated heterocycles. The number of nitrogens with zero attached hydrogens (tertiary/aromatic N) is 2. The van der Waals surface area contributed by atoms with E-state index in [4.69, 9.17) is 5.73 Å². The summed E-state index contributed by atoms with van der Waals surface area (Å²) < 4.78 is 26.4. The molecular weight excluding hydrogens is 220 g/mol. The molecule has 8 heteroatoms. The van der Waals surface area contributed by atoms with Gasteiger partial charge in [-0.2, -0.15) is 4.98 Å². The van der Waals surface area contributed by atoms with E-state index in [0.717, 1.165) is 0 Å². The van der Waals surface area contributed by atoms with Gasteiger partial charge in [0.2, 0.25) is 11.6 Å². The number of nitrogen functional groups attached to an aromatic ring is 1. The van der Waals surface area contributed by atoms with Crippen molar-refractivity contribution in [2.45, 2.75) is 18.3 Å². The zero-order valence-electron chi connectivity index (χ0n) is 7.92. The molecule has 2 aromatic rings. The maximum Gasteiger partial charge on any atom is 0.278 e. The third-order valence-electron chi connectivity index (χ3n) is 2.59. The number of fused-ring (bicyclic) bond motifs is 1. The first-order valence-electron chi connectivity index (χ1n) is 4.59. The Balaban J connectivity index is 2.24. The van der Waals surface area contributed by atoms with E-state index in [0.29, 0.717) is 0 Å². The smallest absolute Gasteiger partial charge is 0.278 e. The van der Waals surface area contributed by atoms with Crippen LogP contribution in [0.4, 0.5) is 14.7 Å². The number of imidazole rings is 1. The van der Waals surface area contributed by atoms with Crippen molar-refractivity contribution in [3.05, 3.63) is 16.2 Å². The summed E-state index contributed by atoms with van der Waals surface area (Å²) in [5, 5.41) is 0. The number of H-pyrrole nitrogens is 2. The second-order valence-corrected chi connectivity index (χ2v) is 3.77. The molecule has 1 fully saturated rings. The molecule has 1 aliphatic rings. The van der Waals surface area contributed by atoms with Gasteiger partial charge in [0, 0.05) is 6.42 Å². The molecule has 0 aromatic carbocycles. The first-order chi connectivity index (χ1) is 7.50. The SMILES string of the molecule is Nc1nc2nc(C3(F)CC3F)[nH]c2c(=O)[nH]1. The third kappa shape index (κ3) is 1.06. The summed E-state index contributed by atoms with van der Waals surface area (Å²) in [6.07, 6.45) is -1.83. The van der Waals surface area contributed by atoms with Crippen LogP contribution in [0.25, 0.3) is 11.2 Å². The minimum Gasteiger partial charge on any atom is -0.369 e. The minimum absolute atomic E-state index is 0.000301. The Morgan fingerprint density at radius 1 is 1.44 bits per heavy atom. The number of anilines is 1. The van der Waals surface area contributed by atoms with E-state index >= 15 is 0 Å². The van der Waals surface area contributed by atoms with Crippen molar-refractivity contribution in [2.75, 3.05) is 5.73 Å². The normalized spacial score (nSPS) is 28.5. The summed E-state index contributed by atoms with van der Waals surface area (Å²) in [5.74, 6) is -0.324. The monoisotopic (exact) mass is 227 g/mol. The third-order valence-corrected chi connectivity index (χ3v) is 2.59. The maximum absolute atomic E-state index is 13.7. The zero-order valence-corrected chi connectivity index (χ0v) is 7.92. The lowest BCUT2D eigenvalue weighted by atomic mass is 10.3.